The van der Waals surface area contributed by atoms with E-state index in [-0.39, 0.29) is 11.4 Å². The molecule has 6 heteroatoms. The third-order valence-corrected chi connectivity index (χ3v) is 8.00. The molecule has 5 rings (SSSR count). The summed E-state index contributed by atoms with van der Waals surface area (Å²) >= 11 is 0. The SMILES string of the molecule is CC.COc1ccc(CNC(=O)c2ccc3c(c2)c(C)c(C)n3Cc2ccc(-c3ccccc3C(=O)P)cc2)c(C)c1. The van der Waals surface area contributed by atoms with Crippen LogP contribution in [0.4, 0.5) is 0 Å². The molecule has 0 bridgehead atoms. The van der Waals surface area contributed by atoms with Gasteiger partial charge < -0.3 is 14.6 Å². The maximum atomic E-state index is 13.0. The fraction of sp³-hybridized carbons (Fsp3) is 0.222. The number of ether oxygens (including phenoxy) is 1. The molecule has 0 aliphatic heterocycles. The van der Waals surface area contributed by atoms with Gasteiger partial charge in [-0.15, -0.1) is 0 Å². The Kier molecular flexibility index (Phi) is 9.98. The molecule has 1 amide bonds. The fourth-order valence-electron chi connectivity index (χ4n) is 5.19. The second-order valence-corrected chi connectivity index (χ2v) is 10.6. The molecule has 1 heterocycles. The van der Waals surface area contributed by atoms with Gasteiger partial charge in [-0.05, 0) is 84.5 Å². The van der Waals surface area contributed by atoms with Crippen LogP contribution in [0.1, 0.15) is 62.5 Å². The molecule has 0 saturated carbocycles. The van der Waals surface area contributed by atoms with Crippen LogP contribution in [0.2, 0.25) is 0 Å². The summed E-state index contributed by atoms with van der Waals surface area (Å²) in [5.41, 5.74) is 10.00. The lowest BCUT2D eigenvalue weighted by Gasteiger charge is -2.12. The number of aryl methyl sites for hydroxylation is 2. The van der Waals surface area contributed by atoms with E-state index in [0.717, 1.165) is 44.5 Å². The fourth-order valence-corrected chi connectivity index (χ4v) is 5.44. The third kappa shape index (κ3) is 6.48. The molecule has 42 heavy (non-hydrogen) atoms. The zero-order valence-corrected chi connectivity index (χ0v) is 26.4. The van der Waals surface area contributed by atoms with Crippen molar-refractivity contribution < 1.29 is 14.3 Å². The number of methoxy groups -OCH3 is 1. The van der Waals surface area contributed by atoms with Crippen LogP contribution in [-0.2, 0) is 13.1 Å². The van der Waals surface area contributed by atoms with Gasteiger partial charge in [0.05, 0.1) is 7.11 Å². The second-order valence-electron chi connectivity index (χ2n) is 10.1. The summed E-state index contributed by atoms with van der Waals surface area (Å²) in [5, 5.41) is 4.14. The molecule has 1 N–H and O–H groups in total. The normalized spacial score (nSPS) is 10.6. The molecule has 0 radical (unpaired) electrons. The van der Waals surface area contributed by atoms with Gasteiger partial charge in [0, 0.05) is 40.8 Å². The summed E-state index contributed by atoms with van der Waals surface area (Å²) in [6.07, 6.45) is 0. The van der Waals surface area contributed by atoms with Crippen molar-refractivity contribution in [3.63, 3.8) is 0 Å². The number of aromatic nitrogens is 1. The first-order valence-corrected chi connectivity index (χ1v) is 14.8. The smallest absolute Gasteiger partial charge is 0.251 e. The maximum Gasteiger partial charge on any atom is 0.251 e. The minimum atomic E-state index is -0.0956. The average molecular weight is 579 g/mol. The molecule has 1 aromatic heterocycles. The predicted molar refractivity (Wildman–Crippen MR) is 177 cm³/mol. The number of rotatable bonds is 8. The molecule has 1 unspecified atom stereocenters. The van der Waals surface area contributed by atoms with Gasteiger partial charge in [0.1, 0.15) is 5.75 Å². The van der Waals surface area contributed by atoms with Gasteiger partial charge in [0.15, 0.2) is 5.52 Å². The molecule has 5 aromatic rings. The second kappa shape index (κ2) is 13.6. The van der Waals surface area contributed by atoms with Crippen molar-refractivity contribution in [2.75, 3.05) is 7.11 Å². The Labute approximate surface area is 251 Å². The van der Waals surface area contributed by atoms with Gasteiger partial charge in [0.25, 0.3) is 5.91 Å². The molecular weight excluding hydrogens is 539 g/mol. The van der Waals surface area contributed by atoms with Crippen molar-refractivity contribution in [1.82, 2.24) is 9.88 Å². The number of carbonyl (C=O) groups excluding carboxylic acids is 2. The van der Waals surface area contributed by atoms with E-state index < -0.39 is 0 Å². The minimum Gasteiger partial charge on any atom is -0.497 e. The Morgan fingerprint density at radius 2 is 1.60 bits per heavy atom. The summed E-state index contributed by atoms with van der Waals surface area (Å²) in [6, 6.07) is 27.8. The van der Waals surface area contributed by atoms with E-state index in [4.69, 9.17) is 4.74 Å². The van der Waals surface area contributed by atoms with Crippen LogP contribution in [0.25, 0.3) is 22.0 Å². The van der Waals surface area contributed by atoms with Crippen LogP contribution < -0.4 is 10.1 Å². The average Bonchev–Trinajstić information content (AvgIpc) is 3.25. The lowest BCUT2D eigenvalue weighted by atomic mass is 9.99. The maximum absolute atomic E-state index is 13.0. The van der Waals surface area contributed by atoms with Crippen LogP contribution in [0.15, 0.2) is 84.9 Å². The molecule has 4 aromatic carbocycles. The van der Waals surface area contributed by atoms with E-state index in [1.807, 2.05) is 81.4 Å². The molecule has 216 valence electrons. The monoisotopic (exact) mass is 578 g/mol. The highest BCUT2D eigenvalue weighted by molar-refractivity contribution is 7.41. The predicted octanol–water partition coefficient (Wildman–Crippen LogP) is 8.26. The molecule has 5 nitrogen and oxygen atoms in total. The van der Waals surface area contributed by atoms with Crippen molar-refractivity contribution in [3.05, 3.63) is 124 Å². The summed E-state index contributed by atoms with van der Waals surface area (Å²) in [7, 11) is 3.91. The molecular formula is C36H39N2O3P. The number of benzene rings is 4. The zero-order valence-electron chi connectivity index (χ0n) is 25.2. The number of fused-ring (bicyclic) bond motifs is 1. The topological polar surface area (TPSA) is 60.3 Å². The number of hydrogen-bond donors (Lipinski definition) is 1. The number of carbonyl (C=O) groups is 2. The highest BCUT2D eigenvalue weighted by atomic mass is 31.0. The molecule has 0 fully saturated rings. The Hall–Kier alpha value is -4.21. The van der Waals surface area contributed by atoms with Crippen LogP contribution in [0.3, 0.4) is 0 Å². The molecule has 0 spiro atoms. The standard InChI is InChI=1S/C34H33N2O3P.C2H6/c1-21-17-28(39-4)15-13-27(21)19-35-33(37)26-14-16-32-31(18-26)22(2)23(3)36(32)20-24-9-11-25(12-10-24)29-7-5-6-8-30(29)34(38)40;1-2/h5-18H,19-20,40H2,1-4H3,(H,35,37);1-2H3. The van der Waals surface area contributed by atoms with Crippen LogP contribution in [0, 0.1) is 20.8 Å². The Morgan fingerprint density at radius 1 is 0.881 bits per heavy atom. The first-order valence-electron chi connectivity index (χ1n) is 14.3. The van der Waals surface area contributed by atoms with Crippen LogP contribution in [0.5, 0.6) is 5.75 Å². The lowest BCUT2D eigenvalue weighted by Crippen LogP contribution is -2.23. The van der Waals surface area contributed by atoms with E-state index in [1.54, 1.807) is 7.11 Å². The molecule has 0 saturated heterocycles. The highest BCUT2D eigenvalue weighted by Crippen LogP contribution is 2.29. The van der Waals surface area contributed by atoms with Gasteiger partial charge >= 0.3 is 0 Å². The number of nitrogens with zero attached hydrogens (tertiary/aromatic N) is 1. The molecule has 0 aliphatic carbocycles. The zero-order chi connectivity index (χ0) is 30.4. The first-order chi connectivity index (χ1) is 20.3. The summed E-state index contributed by atoms with van der Waals surface area (Å²) < 4.78 is 7.57. The van der Waals surface area contributed by atoms with Gasteiger partial charge in [0.2, 0.25) is 0 Å². The van der Waals surface area contributed by atoms with Crippen molar-refractivity contribution in [1.29, 1.82) is 0 Å². The Balaban J connectivity index is 0.00000198. The molecule has 1 atom stereocenters. The Bertz CT molecular complexity index is 1740. The van der Waals surface area contributed by atoms with Crippen molar-refractivity contribution in [2.45, 2.75) is 47.7 Å². The largest absolute Gasteiger partial charge is 0.497 e. The van der Waals surface area contributed by atoms with Crippen molar-refractivity contribution in [3.8, 4) is 16.9 Å². The summed E-state index contributed by atoms with van der Waals surface area (Å²) in [5.74, 6) is 0.712. The van der Waals surface area contributed by atoms with E-state index in [0.29, 0.717) is 24.2 Å². The van der Waals surface area contributed by atoms with E-state index in [9.17, 15) is 9.59 Å². The highest BCUT2D eigenvalue weighted by Gasteiger charge is 2.15. The van der Waals surface area contributed by atoms with E-state index in [1.165, 1.54) is 11.3 Å². The number of hydrogen-bond acceptors (Lipinski definition) is 3. The van der Waals surface area contributed by atoms with Crippen LogP contribution in [-0.4, -0.2) is 23.1 Å². The van der Waals surface area contributed by atoms with Gasteiger partial charge in [-0.1, -0.05) is 77.7 Å². The number of amides is 1. The Morgan fingerprint density at radius 3 is 2.26 bits per heavy atom. The van der Waals surface area contributed by atoms with Crippen LogP contribution >= 0.6 is 9.24 Å². The lowest BCUT2D eigenvalue weighted by molar-refractivity contribution is 0.0950. The van der Waals surface area contributed by atoms with Gasteiger partial charge in [-0.3, -0.25) is 9.59 Å². The minimum absolute atomic E-state index is 0.0199. The van der Waals surface area contributed by atoms with Gasteiger partial charge in [-0.25, -0.2) is 0 Å². The van der Waals surface area contributed by atoms with E-state index in [2.05, 4.69) is 57.2 Å². The summed E-state index contributed by atoms with van der Waals surface area (Å²) in [4.78, 5) is 25.1. The van der Waals surface area contributed by atoms with E-state index >= 15 is 0 Å². The summed E-state index contributed by atoms with van der Waals surface area (Å²) in [6.45, 7) is 11.4. The van der Waals surface area contributed by atoms with Crippen molar-refractivity contribution >= 4 is 31.6 Å². The first kappa shape index (κ1) is 30.7. The quantitative estimate of drug-likeness (QED) is 0.189. The van der Waals surface area contributed by atoms with Gasteiger partial charge in [-0.2, -0.15) is 0 Å². The molecule has 0 aliphatic rings. The van der Waals surface area contributed by atoms with Crippen molar-refractivity contribution in [2.24, 2.45) is 0 Å². The third-order valence-electron chi connectivity index (χ3n) is 7.69. The number of nitrogens with one attached hydrogen (secondary N) is 1.